The van der Waals surface area contributed by atoms with Crippen LogP contribution in [0.4, 0.5) is 15.8 Å². The molecular formula is C25H29FN2O3. The molecule has 1 fully saturated rings. The molecule has 1 heterocycles. The number of carbonyl (C=O) groups is 2. The highest BCUT2D eigenvalue weighted by molar-refractivity contribution is 6.01. The summed E-state index contributed by atoms with van der Waals surface area (Å²) in [6.07, 6.45) is 7.02. The molecule has 2 aromatic rings. The Hall–Kier alpha value is -2.89. The maximum Gasteiger partial charge on any atom is 0.268 e. The molecule has 1 unspecified atom stereocenters. The molecule has 1 saturated carbocycles. The zero-order valence-electron chi connectivity index (χ0n) is 17.9. The second-order valence-corrected chi connectivity index (χ2v) is 8.55. The summed E-state index contributed by atoms with van der Waals surface area (Å²) < 4.78 is 19.9. The molecule has 0 saturated heterocycles. The minimum atomic E-state index is -0.657. The predicted octanol–water partition coefficient (Wildman–Crippen LogP) is 5.44. The van der Waals surface area contributed by atoms with E-state index in [0.29, 0.717) is 35.0 Å². The Morgan fingerprint density at radius 1 is 1.16 bits per heavy atom. The maximum atomic E-state index is 14.2. The van der Waals surface area contributed by atoms with E-state index in [4.69, 9.17) is 4.74 Å². The van der Waals surface area contributed by atoms with Crippen LogP contribution in [-0.4, -0.2) is 17.9 Å². The number of fused-ring (bicyclic) bond motifs is 1. The number of halogens is 1. The van der Waals surface area contributed by atoms with Gasteiger partial charge in [0.1, 0.15) is 11.6 Å². The van der Waals surface area contributed by atoms with Gasteiger partial charge in [0.2, 0.25) is 5.91 Å². The Morgan fingerprint density at radius 2 is 1.94 bits per heavy atom. The van der Waals surface area contributed by atoms with Crippen molar-refractivity contribution in [1.29, 1.82) is 0 Å². The minimum absolute atomic E-state index is 0.0254. The summed E-state index contributed by atoms with van der Waals surface area (Å²) in [5.41, 5.74) is 1.58. The standard InChI is InChI=1S/C25H29FN2O3/c1-17-25(30)28(16-19-9-5-6-10-21(19)26)22-15-20(12-13-23(22)31-17)27-24(29)14-11-18-7-3-2-4-8-18/h5-6,9-10,12-13,15,17-18H,2-4,7-8,11,14,16H2,1H3,(H,27,29). The second kappa shape index (κ2) is 9.50. The average Bonchev–Trinajstić information content (AvgIpc) is 2.78. The number of benzene rings is 2. The SMILES string of the molecule is CC1Oc2ccc(NC(=O)CCC3CCCCC3)cc2N(Cc2ccccc2F)C1=O. The Kier molecular flexibility index (Phi) is 6.54. The zero-order chi connectivity index (χ0) is 21.8. The quantitative estimate of drug-likeness (QED) is 0.672. The second-order valence-electron chi connectivity index (χ2n) is 8.55. The van der Waals surface area contributed by atoms with Gasteiger partial charge in [-0.25, -0.2) is 4.39 Å². The first-order valence-corrected chi connectivity index (χ1v) is 11.2. The van der Waals surface area contributed by atoms with E-state index in [0.717, 1.165) is 6.42 Å². The molecule has 1 aliphatic heterocycles. The van der Waals surface area contributed by atoms with E-state index in [-0.39, 0.29) is 24.2 Å². The van der Waals surface area contributed by atoms with Crippen LogP contribution >= 0.6 is 0 Å². The van der Waals surface area contributed by atoms with Gasteiger partial charge in [-0.2, -0.15) is 0 Å². The summed E-state index contributed by atoms with van der Waals surface area (Å²) in [4.78, 5) is 26.8. The van der Waals surface area contributed by atoms with Gasteiger partial charge in [0.05, 0.1) is 12.2 Å². The summed E-state index contributed by atoms with van der Waals surface area (Å²) in [5.74, 6) is 0.567. The molecule has 0 radical (unpaired) electrons. The van der Waals surface area contributed by atoms with Gasteiger partial charge in [0.15, 0.2) is 6.10 Å². The molecule has 0 aromatic heterocycles. The average molecular weight is 425 g/mol. The molecule has 2 amide bonds. The van der Waals surface area contributed by atoms with Gasteiger partial charge < -0.3 is 15.0 Å². The number of hydrogen-bond acceptors (Lipinski definition) is 3. The van der Waals surface area contributed by atoms with Crippen molar-refractivity contribution in [2.24, 2.45) is 5.92 Å². The number of ether oxygens (including phenoxy) is 1. The lowest BCUT2D eigenvalue weighted by Gasteiger charge is -2.33. The Bertz CT molecular complexity index is 956. The molecular weight excluding hydrogens is 395 g/mol. The van der Waals surface area contributed by atoms with Gasteiger partial charge in [-0.3, -0.25) is 9.59 Å². The van der Waals surface area contributed by atoms with Crippen molar-refractivity contribution >= 4 is 23.2 Å². The highest BCUT2D eigenvalue weighted by atomic mass is 19.1. The van der Waals surface area contributed by atoms with Gasteiger partial charge in [0, 0.05) is 17.7 Å². The lowest BCUT2D eigenvalue weighted by atomic mass is 9.86. The molecule has 2 aromatic carbocycles. The van der Waals surface area contributed by atoms with E-state index >= 15 is 0 Å². The van der Waals surface area contributed by atoms with Crippen LogP contribution < -0.4 is 15.0 Å². The van der Waals surface area contributed by atoms with Gasteiger partial charge in [0.25, 0.3) is 5.91 Å². The van der Waals surface area contributed by atoms with Crippen molar-refractivity contribution in [3.63, 3.8) is 0 Å². The zero-order valence-corrected chi connectivity index (χ0v) is 17.9. The number of hydrogen-bond donors (Lipinski definition) is 1. The molecule has 2 aliphatic rings. The van der Waals surface area contributed by atoms with E-state index in [1.165, 1.54) is 43.1 Å². The number of rotatable bonds is 6. The Balaban J connectivity index is 1.48. The molecule has 5 nitrogen and oxygen atoms in total. The predicted molar refractivity (Wildman–Crippen MR) is 119 cm³/mol. The number of nitrogens with one attached hydrogen (secondary N) is 1. The van der Waals surface area contributed by atoms with E-state index in [9.17, 15) is 14.0 Å². The normalized spacial score (nSPS) is 19.0. The third-order valence-electron chi connectivity index (χ3n) is 6.24. The molecule has 1 atom stereocenters. The fourth-order valence-corrected chi connectivity index (χ4v) is 4.48. The smallest absolute Gasteiger partial charge is 0.268 e. The fraction of sp³-hybridized carbons (Fsp3) is 0.440. The summed E-state index contributed by atoms with van der Waals surface area (Å²) in [6.45, 7) is 1.78. The van der Waals surface area contributed by atoms with Crippen LogP contribution in [0.1, 0.15) is 57.4 Å². The monoisotopic (exact) mass is 424 g/mol. The summed E-state index contributed by atoms with van der Waals surface area (Å²) in [6, 6.07) is 11.7. The number of anilines is 2. The van der Waals surface area contributed by atoms with Crippen LogP contribution in [0, 0.1) is 11.7 Å². The molecule has 6 heteroatoms. The van der Waals surface area contributed by atoms with Crippen molar-refractivity contribution in [1.82, 2.24) is 0 Å². The first kappa shape index (κ1) is 21.3. The molecule has 31 heavy (non-hydrogen) atoms. The van der Waals surface area contributed by atoms with Gasteiger partial charge in [-0.1, -0.05) is 50.3 Å². The first-order valence-electron chi connectivity index (χ1n) is 11.2. The fourth-order valence-electron chi connectivity index (χ4n) is 4.48. The van der Waals surface area contributed by atoms with E-state index < -0.39 is 6.10 Å². The lowest BCUT2D eigenvalue weighted by molar-refractivity contribution is -0.125. The molecule has 4 rings (SSSR count). The van der Waals surface area contributed by atoms with E-state index in [1.54, 1.807) is 43.3 Å². The van der Waals surface area contributed by atoms with Crippen molar-refractivity contribution in [2.45, 2.75) is 64.5 Å². The van der Waals surface area contributed by atoms with Crippen LogP contribution in [0.2, 0.25) is 0 Å². The highest BCUT2D eigenvalue weighted by Crippen LogP contribution is 2.37. The van der Waals surface area contributed by atoms with Crippen LogP contribution in [0.25, 0.3) is 0 Å². The topological polar surface area (TPSA) is 58.6 Å². The summed E-state index contributed by atoms with van der Waals surface area (Å²) in [7, 11) is 0. The minimum Gasteiger partial charge on any atom is -0.479 e. The lowest BCUT2D eigenvalue weighted by Crippen LogP contribution is -2.44. The first-order chi connectivity index (χ1) is 15.0. The molecule has 1 N–H and O–H groups in total. The Labute approximate surface area is 182 Å². The highest BCUT2D eigenvalue weighted by Gasteiger charge is 2.32. The van der Waals surface area contributed by atoms with Gasteiger partial charge in [-0.15, -0.1) is 0 Å². The van der Waals surface area contributed by atoms with Crippen molar-refractivity contribution in [3.05, 3.63) is 53.8 Å². The third-order valence-corrected chi connectivity index (χ3v) is 6.24. The van der Waals surface area contributed by atoms with Crippen molar-refractivity contribution < 1.29 is 18.7 Å². The van der Waals surface area contributed by atoms with E-state index in [2.05, 4.69) is 5.32 Å². The van der Waals surface area contributed by atoms with Crippen LogP contribution in [0.15, 0.2) is 42.5 Å². The van der Waals surface area contributed by atoms with Crippen LogP contribution in [-0.2, 0) is 16.1 Å². The molecule has 164 valence electrons. The van der Waals surface area contributed by atoms with Crippen molar-refractivity contribution in [3.8, 4) is 5.75 Å². The van der Waals surface area contributed by atoms with E-state index in [1.807, 2.05) is 0 Å². The molecule has 1 aliphatic carbocycles. The van der Waals surface area contributed by atoms with Gasteiger partial charge in [-0.05, 0) is 43.5 Å². The third kappa shape index (κ3) is 5.06. The van der Waals surface area contributed by atoms with Crippen molar-refractivity contribution in [2.75, 3.05) is 10.2 Å². The van der Waals surface area contributed by atoms with Crippen LogP contribution in [0.3, 0.4) is 0 Å². The number of amides is 2. The number of nitrogens with zero attached hydrogens (tertiary/aromatic N) is 1. The van der Waals surface area contributed by atoms with Crippen LogP contribution in [0.5, 0.6) is 5.75 Å². The maximum absolute atomic E-state index is 14.2. The summed E-state index contributed by atoms with van der Waals surface area (Å²) >= 11 is 0. The molecule has 0 bridgehead atoms. The van der Waals surface area contributed by atoms with Gasteiger partial charge >= 0.3 is 0 Å². The number of carbonyl (C=O) groups excluding carboxylic acids is 2. The Morgan fingerprint density at radius 3 is 2.71 bits per heavy atom. The summed E-state index contributed by atoms with van der Waals surface area (Å²) in [5, 5.41) is 2.95. The largest absolute Gasteiger partial charge is 0.479 e. The molecule has 0 spiro atoms.